The van der Waals surface area contributed by atoms with Gasteiger partial charge in [0.05, 0.1) is 28.2 Å². The Labute approximate surface area is 233 Å². The molecule has 4 aliphatic rings. The Morgan fingerprint density at radius 1 is 1.02 bits per heavy atom. The van der Waals surface area contributed by atoms with Gasteiger partial charge in [-0.3, -0.25) is 19.7 Å². The molecule has 200 valence electrons. The molecule has 9 nitrogen and oxygen atoms in total. The van der Waals surface area contributed by atoms with Crippen molar-refractivity contribution in [1.29, 1.82) is 0 Å². The van der Waals surface area contributed by atoms with Gasteiger partial charge in [0.25, 0.3) is 0 Å². The number of rotatable bonds is 3. The van der Waals surface area contributed by atoms with Crippen LogP contribution in [-0.4, -0.2) is 35.5 Å². The van der Waals surface area contributed by atoms with Gasteiger partial charge < -0.3 is 19.8 Å². The molecular formula is C30H23ClN4O5. The van der Waals surface area contributed by atoms with E-state index in [9.17, 15) is 14.4 Å². The number of carbonyl (C=O) groups excluding carboxylic acids is 3. The number of hydrogen-bond acceptors (Lipinski definition) is 6. The summed E-state index contributed by atoms with van der Waals surface area (Å²) in [4.78, 5) is 46.9. The van der Waals surface area contributed by atoms with Gasteiger partial charge >= 0.3 is 0 Å². The molecule has 3 amide bonds. The van der Waals surface area contributed by atoms with Crippen LogP contribution in [-0.2, 0) is 26.3 Å². The van der Waals surface area contributed by atoms with Crippen LogP contribution in [0.15, 0.2) is 60.8 Å². The summed E-state index contributed by atoms with van der Waals surface area (Å²) in [5.74, 6) is -1.94. The lowest BCUT2D eigenvalue weighted by Crippen LogP contribution is -2.53. The predicted molar refractivity (Wildman–Crippen MR) is 147 cm³/mol. The summed E-state index contributed by atoms with van der Waals surface area (Å²) < 4.78 is 10.9. The Balaban J connectivity index is 1.29. The Morgan fingerprint density at radius 3 is 2.73 bits per heavy atom. The zero-order chi connectivity index (χ0) is 27.3. The molecule has 4 aromatic rings. The van der Waals surface area contributed by atoms with Crippen LogP contribution < -0.4 is 25.0 Å². The number of aromatic nitrogens is 1. The second kappa shape index (κ2) is 8.09. The van der Waals surface area contributed by atoms with Crippen molar-refractivity contribution in [2.45, 2.75) is 24.9 Å². The summed E-state index contributed by atoms with van der Waals surface area (Å²) in [6, 6.07) is 16.1. The number of hydrogen-bond donors (Lipinski definition) is 3. The third-order valence-electron chi connectivity index (χ3n) is 8.65. The van der Waals surface area contributed by atoms with Gasteiger partial charge in [0.1, 0.15) is 5.54 Å². The van der Waals surface area contributed by atoms with Crippen LogP contribution in [0.25, 0.3) is 10.9 Å². The molecule has 3 N–H and O–H groups in total. The van der Waals surface area contributed by atoms with Crippen molar-refractivity contribution >= 4 is 51.6 Å². The smallest absolute Gasteiger partial charge is 0.250 e. The van der Waals surface area contributed by atoms with Crippen LogP contribution in [0.3, 0.4) is 0 Å². The minimum atomic E-state index is -1.45. The average molecular weight is 555 g/mol. The number of halogens is 1. The van der Waals surface area contributed by atoms with E-state index in [0.29, 0.717) is 39.9 Å². The van der Waals surface area contributed by atoms with Crippen molar-refractivity contribution in [2.75, 3.05) is 17.0 Å². The summed E-state index contributed by atoms with van der Waals surface area (Å²) in [7, 11) is 0. The first-order valence-electron chi connectivity index (χ1n) is 13.1. The van der Waals surface area contributed by atoms with E-state index < -0.39 is 29.3 Å². The number of anilines is 2. The molecule has 2 fully saturated rings. The number of carbonyl (C=O) groups is 3. The van der Waals surface area contributed by atoms with Crippen molar-refractivity contribution in [3.05, 3.63) is 82.5 Å². The van der Waals surface area contributed by atoms with E-state index in [0.717, 1.165) is 22.0 Å². The highest BCUT2D eigenvalue weighted by Gasteiger charge is 2.70. The molecule has 4 aliphatic heterocycles. The molecule has 8 rings (SSSR count). The highest BCUT2D eigenvalue weighted by atomic mass is 35.5. The Morgan fingerprint density at radius 2 is 1.85 bits per heavy atom. The average Bonchev–Trinajstić information content (AvgIpc) is 3.73. The zero-order valence-electron chi connectivity index (χ0n) is 21.3. The fraction of sp³-hybridized carbons (Fsp3) is 0.233. The molecule has 40 heavy (non-hydrogen) atoms. The van der Waals surface area contributed by atoms with Crippen LogP contribution in [0.5, 0.6) is 11.5 Å². The van der Waals surface area contributed by atoms with Gasteiger partial charge in [0.15, 0.2) is 11.5 Å². The molecule has 5 heterocycles. The number of para-hydroxylation sites is 1. The standard InChI is InChI=1S/C30H23ClN4O5/c1-14-8-18-26(19(31)9-14)33-29(38)30(18)25-24(21(34-30)10-15-12-32-20-5-3-2-4-17(15)20)27(36)35(28(25)37)16-6-7-22-23(11-16)40-13-39-22/h2-9,11-12,21,24-25,32,34H,10,13H2,1H3,(H,33,38)/t21-,24+,25-,30+/m0/s1. The topological polar surface area (TPSA) is 113 Å². The minimum Gasteiger partial charge on any atom is -0.454 e. The molecule has 4 atom stereocenters. The third kappa shape index (κ3) is 2.99. The molecule has 0 saturated carbocycles. The number of nitrogens with zero attached hydrogens (tertiary/aromatic N) is 1. The molecule has 0 unspecified atom stereocenters. The molecule has 3 aromatic carbocycles. The number of benzene rings is 3. The fourth-order valence-electron chi connectivity index (χ4n) is 6.98. The van der Waals surface area contributed by atoms with E-state index in [-0.39, 0.29) is 18.6 Å². The molecule has 1 aromatic heterocycles. The number of ether oxygens (including phenoxy) is 2. The molecule has 0 aliphatic carbocycles. The SMILES string of the molecule is Cc1cc(Cl)c2c(c1)[C@]1(N[C@@H](Cc3c[nH]c4ccccc34)[C@H]3C(=O)N(c4ccc5c(c4)OCO5)C(=O)[C@H]31)C(=O)N2. The second-order valence-corrected chi connectivity index (χ2v) is 11.2. The van der Waals surface area contributed by atoms with E-state index in [1.54, 1.807) is 24.3 Å². The van der Waals surface area contributed by atoms with Gasteiger partial charge in [0.2, 0.25) is 24.5 Å². The van der Waals surface area contributed by atoms with E-state index >= 15 is 0 Å². The van der Waals surface area contributed by atoms with Crippen LogP contribution in [0.4, 0.5) is 11.4 Å². The first-order valence-corrected chi connectivity index (χ1v) is 13.5. The van der Waals surface area contributed by atoms with Crippen molar-refractivity contribution in [3.8, 4) is 11.5 Å². The normalized spacial score (nSPS) is 26.2. The highest BCUT2D eigenvalue weighted by Crippen LogP contribution is 2.55. The second-order valence-electron chi connectivity index (χ2n) is 10.8. The van der Waals surface area contributed by atoms with Crippen molar-refractivity contribution in [2.24, 2.45) is 11.8 Å². The van der Waals surface area contributed by atoms with Crippen molar-refractivity contribution in [1.82, 2.24) is 10.3 Å². The number of nitrogens with one attached hydrogen (secondary N) is 3. The van der Waals surface area contributed by atoms with E-state index in [1.165, 1.54) is 4.90 Å². The predicted octanol–water partition coefficient (Wildman–Crippen LogP) is 4.03. The first-order chi connectivity index (χ1) is 19.4. The summed E-state index contributed by atoms with van der Waals surface area (Å²) in [5, 5.41) is 7.84. The quantitative estimate of drug-likeness (QED) is 0.330. The van der Waals surface area contributed by atoms with Gasteiger partial charge in [0, 0.05) is 34.8 Å². The maximum absolute atomic E-state index is 14.3. The number of H-pyrrole nitrogens is 1. The largest absolute Gasteiger partial charge is 0.454 e. The number of amides is 3. The van der Waals surface area contributed by atoms with E-state index in [4.69, 9.17) is 21.1 Å². The third-order valence-corrected chi connectivity index (χ3v) is 8.95. The van der Waals surface area contributed by atoms with Gasteiger partial charge in [-0.15, -0.1) is 0 Å². The van der Waals surface area contributed by atoms with Crippen molar-refractivity contribution in [3.63, 3.8) is 0 Å². The van der Waals surface area contributed by atoms with Gasteiger partial charge in [-0.05, 0) is 48.7 Å². The van der Waals surface area contributed by atoms with Crippen LogP contribution in [0, 0.1) is 18.8 Å². The number of fused-ring (bicyclic) bond motifs is 6. The molecule has 0 radical (unpaired) electrons. The summed E-state index contributed by atoms with van der Waals surface area (Å²) in [6.07, 6.45) is 2.36. The number of aryl methyl sites for hydroxylation is 1. The van der Waals surface area contributed by atoms with Crippen LogP contribution in [0.2, 0.25) is 5.02 Å². The van der Waals surface area contributed by atoms with Crippen LogP contribution in [0.1, 0.15) is 16.7 Å². The zero-order valence-corrected chi connectivity index (χ0v) is 22.0. The fourth-order valence-corrected chi connectivity index (χ4v) is 7.31. The Bertz CT molecular complexity index is 1800. The van der Waals surface area contributed by atoms with Gasteiger partial charge in [-0.25, -0.2) is 4.90 Å². The van der Waals surface area contributed by atoms with Gasteiger partial charge in [-0.2, -0.15) is 0 Å². The summed E-state index contributed by atoms with van der Waals surface area (Å²) in [6.45, 7) is 1.96. The van der Waals surface area contributed by atoms with E-state index in [1.807, 2.05) is 43.5 Å². The lowest BCUT2D eigenvalue weighted by atomic mass is 9.76. The maximum atomic E-state index is 14.3. The van der Waals surface area contributed by atoms with Crippen LogP contribution >= 0.6 is 11.6 Å². The molecule has 2 saturated heterocycles. The lowest BCUT2D eigenvalue weighted by molar-refractivity contribution is -0.130. The Kier molecular flexibility index (Phi) is 4.76. The first kappa shape index (κ1) is 23.5. The molecule has 1 spiro atoms. The summed E-state index contributed by atoms with van der Waals surface area (Å²) in [5.41, 5.74) is 2.81. The van der Waals surface area contributed by atoms with Crippen molar-refractivity contribution < 1.29 is 23.9 Å². The summed E-state index contributed by atoms with van der Waals surface area (Å²) >= 11 is 6.57. The minimum absolute atomic E-state index is 0.0721. The Hall–Kier alpha value is -4.34. The monoisotopic (exact) mass is 554 g/mol. The molecular weight excluding hydrogens is 532 g/mol. The molecule has 0 bridgehead atoms. The maximum Gasteiger partial charge on any atom is 0.250 e. The number of imide groups is 1. The highest BCUT2D eigenvalue weighted by molar-refractivity contribution is 6.35. The number of aromatic amines is 1. The molecule has 10 heteroatoms. The van der Waals surface area contributed by atoms with Gasteiger partial charge in [-0.1, -0.05) is 35.9 Å². The lowest BCUT2D eigenvalue weighted by Gasteiger charge is -2.30. The van der Waals surface area contributed by atoms with E-state index in [2.05, 4.69) is 15.6 Å².